The molecule has 0 saturated heterocycles. The van der Waals surface area contributed by atoms with Crippen molar-refractivity contribution in [2.75, 3.05) is 7.11 Å². The molecule has 7 heteroatoms. The van der Waals surface area contributed by atoms with Gasteiger partial charge in [0.2, 0.25) is 0 Å². The van der Waals surface area contributed by atoms with E-state index in [4.69, 9.17) is 14.0 Å². The first kappa shape index (κ1) is 19.7. The summed E-state index contributed by atoms with van der Waals surface area (Å²) in [4.78, 5) is 25.0. The maximum atomic E-state index is 12.6. The number of rotatable bonds is 7. The molecule has 144 valence electrons. The first-order valence-corrected chi connectivity index (χ1v) is 9.54. The van der Waals surface area contributed by atoms with Crippen LogP contribution in [0.2, 0.25) is 0 Å². The van der Waals surface area contributed by atoms with Crippen LogP contribution in [-0.2, 0) is 21.8 Å². The molecule has 1 heterocycles. The standard InChI is InChI=1S/C21H19NO5S/c1-14-10-17(22-27-14)13-28-19-9-4-3-8-18(19)21(24)26-12-15-6-5-7-16(11-15)20(23)25-2/h3-11H,12-13H2,1-2H3. The molecule has 3 aromatic rings. The molecular weight excluding hydrogens is 378 g/mol. The molecule has 0 aliphatic rings. The Hall–Kier alpha value is -3.06. The number of thioether (sulfide) groups is 1. The number of carbonyl (C=O) groups is 2. The van der Waals surface area contributed by atoms with Crippen LogP contribution >= 0.6 is 11.8 Å². The normalized spacial score (nSPS) is 10.5. The van der Waals surface area contributed by atoms with E-state index in [1.807, 2.05) is 25.1 Å². The number of aromatic nitrogens is 1. The molecule has 0 fully saturated rings. The predicted octanol–water partition coefficient (Wildman–Crippen LogP) is 4.42. The van der Waals surface area contributed by atoms with Gasteiger partial charge in [-0.05, 0) is 36.8 Å². The van der Waals surface area contributed by atoms with Gasteiger partial charge in [-0.2, -0.15) is 0 Å². The van der Waals surface area contributed by atoms with Gasteiger partial charge in [-0.1, -0.05) is 29.4 Å². The maximum Gasteiger partial charge on any atom is 0.339 e. The number of carbonyl (C=O) groups excluding carboxylic acids is 2. The van der Waals surface area contributed by atoms with Crippen LogP contribution in [0.1, 0.15) is 37.7 Å². The van der Waals surface area contributed by atoms with Crippen LogP contribution < -0.4 is 0 Å². The average molecular weight is 397 g/mol. The zero-order chi connectivity index (χ0) is 19.9. The molecule has 0 bridgehead atoms. The second-order valence-corrected chi connectivity index (χ2v) is 7.00. The third-order valence-electron chi connectivity index (χ3n) is 3.88. The Kier molecular flexibility index (Phi) is 6.49. The number of esters is 2. The number of benzene rings is 2. The van der Waals surface area contributed by atoms with E-state index in [0.717, 1.165) is 16.3 Å². The molecule has 0 atom stereocenters. The molecule has 0 N–H and O–H groups in total. The van der Waals surface area contributed by atoms with E-state index in [0.29, 0.717) is 22.4 Å². The van der Waals surface area contributed by atoms with Crippen LogP contribution in [0.5, 0.6) is 0 Å². The Morgan fingerprint density at radius 1 is 1.07 bits per heavy atom. The van der Waals surface area contributed by atoms with Crippen molar-refractivity contribution in [3.63, 3.8) is 0 Å². The molecule has 0 aliphatic heterocycles. The highest BCUT2D eigenvalue weighted by Crippen LogP contribution is 2.27. The molecule has 0 aliphatic carbocycles. The van der Waals surface area contributed by atoms with Crippen molar-refractivity contribution in [1.82, 2.24) is 5.16 Å². The van der Waals surface area contributed by atoms with Gasteiger partial charge >= 0.3 is 11.9 Å². The summed E-state index contributed by atoms with van der Waals surface area (Å²) in [5, 5.41) is 3.96. The van der Waals surface area contributed by atoms with E-state index < -0.39 is 11.9 Å². The largest absolute Gasteiger partial charge is 0.465 e. The Labute approximate surface area is 166 Å². The summed E-state index contributed by atoms with van der Waals surface area (Å²) in [6.45, 7) is 1.90. The van der Waals surface area contributed by atoms with Gasteiger partial charge in [0.1, 0.15) is 12.4 Å². The van der Waals surface area contributed by atoms with Gasteiger partial charge in [-0.25, -0.2) is 9.59 Å². The Balaban J connectivity index is 1.65. The highest BCUT2D eigenvalue weighted by atomic mass is 32.2. The Bertz CT molecular complexity index is 982. The van der Waals surface area contributed by atoms with Crippen molar-refractivity contribution in [2.45, 2.75) is 24.2 Å². The van der Waals surface area contributed by atoms with E-state index in [9.17, 15) is 9.59 Å². The van der Waals surface area contributed by atoms with Gasteiger partial charge in [-0.3, -0.25) is 0 Å². The lowest BCUT2D eigenvalue weighted by Gasteiger charge is -2.09. The summed E-state index contributed by atoms with van der Waals surface area (Å²) < 4.78 is 15.2. The first-order chi connectivity index (χ1) is 13.6. The van der Waals surface area contributed by atoms with Gasteiger partial charge in [0.25, 0.3) is 0 Å². The SMILES string of the molecule is COC(=O)c1cccc(COC(=O)c2ccccc2SCc2cc(C)on2)c1. The monoisotopic (exact) mass is 397 g/mol. The topological polar surface area (TPSA) is 78.6 Å². The number of ether oxygens (including phenoxy) is 2. The van der Waals surface area contributed by atoms with Crippen LogP contribution in [0.25, 0.3) is 0 Å². The molecule has 3 rings (SSSR count). The fourth-order valence-electron chi connectivity index (χ4n) is 2.53. The molecule has 2 aromatic carbocycles. The van der Waals surface area contributed by atoms with Gasteiger partial charge in [0.05, 0.1) is 23.9 Å². The van der Waals surface area contributed by atoms with Crippen molar-refractivity contribution in [3.05, 3.63) is 82.7 Å². The minimum absolute atomic E-state index is 0.0607. The van der Waals surface area contributed by atoms with E-state index in [1.165, 1.54) is 18.9 Å². The molecule has 0 radical (unpaired) electrons. The molecular formula is C21H19NO5S. The Morgan fingerprint density at radius 2 is 1.89 bits per heavy atom. The highest BCUT2D eigenvalue weighted by Gasteiger charge is 2.14. The number of hydrogen-bond acceptors (Lipinski definition) is 7. The number of methoxy groups -OCH3 is 1. The van der Waals surface area contributed by atoms with Gasteiger partial charge in [0.15, 0.2) is 0 Å². The summed E-state index contributed by atoms with van der Waals surface area (Å²) in [6, 6.07) is 15.9. The lowest BCUT2D eigenvalue weighted by Crippen LogP contribution is -2.07. The van der Waals surface area contributed by atoms with Crippen molar-refractivity contribution in [3.8, 4) is 0 Å². The smallest absolute Gasteiger partial charge is 0.339 e. The van der Waals surface area contributed by atoms with E-state index >= 15 is 0 Å². The molecule has 0 spiro atoms. The van der Waals surface area contributed by atoms with Crippen LogP contribution in [0.4, 0.5) is 0 Å². The lowest BCUT2D eigenvalue weighted by molar-refractivity contribution is 0.0468. The van der Waals surface area contributed by atoms with E-state index in [1.54, 1.807) is 36.4 Å². The molecule has 1 aromatic heterocycles. The number of nitrogens with zero attached hydrogens (tertiary/aromatic N) is 1. The third kappa shape index (κ3) is 5.01. The molecule has 0 amide bonds. The van der Waals surface area contributed by atoms with Crippen molar-refractivity contribution < 1.29 is 23.6 Å². The van der Waals surface area contributed by atoms with E-state index in [-0.39, 0.29) is 6.61 Å². The lowest BCUT2D eigenvalue weighted by atomic mass is 10.1. The summed E-state index contributed by atoms with van der Waals surface area (Å²) in [6.07, 6.45) is 0. The summed E-state index contributed by atoms with van der Waals surface area (Å²) >= 11 is 1.49. The zero-order valence-electron chi connectivity index (χ0n) is 15.5. The van der Waals surface area contributed by atoms with Gasteiger partial charge in [-0.15, -0.1) is 11.8 Å². The summed E-state index contributed by atoms with van der Waals surface area (Å²) in [7, 11) is 1.32. The second kappa shape index (κ2) is 9.23. The summed E-state index contributed by atoms with van der Waals surface area (Å²) in [5.41, 5.74) is 2.41. The van der Waals surface area contributed by atoms with Crippen LogP contribution in [0.3, 0.4) is 0 Å². The van der Waals surface area contributed by atoms with Crippen LogP contribution in [0, 0.1) is 6.92 Å². The van der Waals surface area contributed by atoms with Crippen molar-refractivity contribution in [1.29, 1.82) is 0 Å². The van der Waals surface area contributed by atoms with Crippen LogP contribution in [-0.4, -0.2) is 24.2 Å². The minimum atomic E-state index is -0.432. The number of aryl methyl sites for hydroxylation is 1. The van der Waals surface area contributed by atoms with Crippen LogP contribution in [0.15, 0.2) is 64.0 Å². The zero-order valence-corrected chi connectivity index (χ0v) is 16.3. The number of hydrogen-bond donors (Lipinski definition) is 0. The van der Waals surface area contributed by atoms with E-state index in [2.05, 4.69) is 5.16 Å². The first-order valence-electron chi connectivity index (χ1n) is 8.55. The van der Waals surface area contributed by atoms with Gasteiger partial charge < -0.3 is 14.0 Å². The quantitative estimate of drug-likeness (QED) is 0.431. The van der Waals surface area contributed by atoms with Crippen molar-refractivity contribution in [2.24, 2.45) is 0 Å². The van der Waals surface area contributed by atoms with Gasteiger partial charge in [0, 0.05) is 16.7 Å². The fourth-order valence-corrected chi connectivity index (χ4v) is 3.45. The molecule has 0 saturated carbocycles. The van der Waals surface area contributed by atoms with Crippen molar-refractivity contribution >= 4 is 23.7 Å². The highest BCUT2D eigenvalue weighted by molar-refractivity contribution is 7.98. The predicted molar refractivity (Wildman–Crippen MR) is 104 cm³/mol. The molecule has 6 nitrogen and oxygen atoms in total. The summed E-state index contributed by atoms with van der Waals surface area (Å²) in [5.74, 6) is 0.474. The Morgan fingerprint density at radius 3 is 2.64 bits per heavy atom. The molecule has 28 heavy (non-hydrogen) atoms. The minimum Gasteiger partial charge on any atom is -0.465 e. The second-order valence-electron chi connectivity index (χ2n) is 5.98. The third-order valence-corrected chi connectivity index (χ3v) is 4.98. The fraction of sp³-hybridized carbons (Fsp3) is 0.190. The molecule has 0 unspecified atom stereocenters. The maximum absolute atomic E-state index is 12.6. The average Bonchev–Trinajstić information content (AvgIpc) is 3.15.